The second-order valence-electron chi connectivity index (χ2n) is 4.73. The van der Waals surface area contributed by atoms with Crippen LogP contribution in [-0.2, 0) is 0 Å². The smallest absolute Gasteiger partial charge is 0.311 e. The van der Waals surface area contributed by atoms with Gasteiger partial charge in [0, 0.05) is 18.8 Å². The number of anilines is 1. The summed E-state index contributed by atoms with van der Waals surface area (Å²) in [5.41, 5.74) is 0.417. The van der Waals surface area contributed by atoms with Crippen LogP contribution in [0.25, 0.3) is 0 Å². The van der Waals surface area contributed by atoms with Crippen LogP contribution in [-0.4, -0.2) is 16.5 Å². The summed E-state index contributed by atoms with van der Waals surface area (Å²) in [4.78, 5) is 14.5. The molecular weight excluding hydrogens is 218 g/mol. The zero-order chi connectivity index (χ0) is 12.3. The molecule has 92 valence electrons. The Morgan fingerprint density at radius 2 is 2.35 bits per heavy atom. The van der Waals surface area contributed by atoms with Gasteiger partial charge in [0.05, 0.1) is 4.92 Å². The van der Waals surface area contributed by atoms with Gasteiger partial charge in [-0.3, -0.25) is 10.1 Å². The molecule has 0 amide bonds. The van der Waals surface area contributed by atoms with Crippen molar-refractivity contribution in [2.75, 3.05) is 11.9 Å². The lowest BCUT2D eigenvalue weighted by atomic mass is 10.0. The molecule has 1 fully saturated rings. The highest BCUT2D eigenvalue weighted by atomic mass is 16.6. The van der Waals surface area contributed by atoms with E-state index in [0.717, 1.165) is 13.0 Å². The first-order chi connectivity index (χ1) is 8.17. The second-order valence-corrected chi connectivity index (χ2v) is 4.73. The van der Waals surface area contributed by atoms with Gasteiger partial charge in [0.15, 0.2) is 0 Å². The minimum atomic E-state index is -0.394. The first kappa shape index (κ1) is 11.8. The minimum Gasteiger partial charge on any atom is -0.364 e. The summed E-state index contributed by atoms with van der Waals surface area (Å²) in [6, 6.07) is 3.07. The van der Waals surface area contributed by atoms with Crippen molar-refractivity contribution in [3.05, 3.63) is 28.4 Å². The fraction of sp³-hybridized carbons (Fsp3) is 0.583. The van der Waals surface area contributed by atoms with E-state index in [0.29, 0.717) is 11.2 Å². The van der Waals surface area contributed by atoms with Crippen molar-refractivity contribution in [2.24, 2.45) is 5.41 Å². The molecule has 1 aliphatic rings. The normalized spacial score (nSPS) is 16.5. The van der Waals surface area contributed by atoms with Crippen molar-refractivity contribution in [3.8, 4) is 0 Å². The summed E-state index contributed by atoms with van der Waals surface area (Å²) >= 11 is 0. The number of nitrogens with zero attached hydrogens (tertiary/aromatic N) is 2. The fourth-order valence-electron chi connectivity index (χ4n) is 2.17. The van der Waals surface area contributed by atoms with Crippen LogP contribution >= 0.6 is 0 Å². The number of hydrogen-bond donors (Lipinski definition) is 1. The van der Waals surface area contributed by atoms with E-state index in [1.165, 1.54) is 25.3 Å². The Morgan fingerprint density at radius 3 is 2.94 bits per heavy atom. The number of pyridine rings is 1. The molecule has 1 heterocycles. The van der Waals surface area contributed by atoms with E-state index in [1.54, 1.807) is 12.3 Å². The lowest BCUT2D eigenvalue weighted by molar-refractivity contribution is -0.384. The van der Waals surface area contributed by atoms with E-state index in [1.807, 2.05) is 0 Å². The molecule has 1 aromatic rings. The van der Waals surface area contributed by atoms with Gasteiger partial charge in [-0.2, -0.15) is 0 Å². The molecule has 0 unspecified atom stereocenters. The van der Waals surface area contributed by atoms with Gasteiger partial charge < -0.3 is 5.32 Å². The summed E-state index contributed by atoms with van der Waals surface area (Å²) < 4.78 is 0. The van der Waals surface area contributed by atoms with E-state index in [-0.39, 0.29) is 5.69 Å². The van der Waals surface area contributed by atoms with Crippen LogP contribution in [0.5, 0.6) is 0 Å². The molecule has 2 rings (SSSR count). The highest BCUT2D eigenvalue weighted by Gasteiger charge is 2.41. The molecule has 5 heteroatoms. The lowest BCUT2D eigenvalue weighted by Gasteiger charge is -2.15. The minimum absolute atomic E-state index is 0.0554. The van der Waals surface area contributed by atoms with E-state index < -0.39 is 4.92 Å². The molecule has 0 aromatic carbocycles. The molecule has 0 atom stereocenters. The second kappa shape index (κ2) is 4.69. The standard InChI is InChI=1S/C12H17N3O2/c1-2-5-12(6-7-12)9-14-11-10(15(16)17)4-3-8-13-11/h3-4,8H,2,5-7,9H2,1H3,(H,13,14). The third kappa shape index (κ3) is 2.72. The van der Waals surface area contributed by atoms with Gasteiger partial charge in [-0.15, -0.1) is 0 Å². The zero-order valence-electron chi connectivity index (χ0n) is 9.98. The van der Waals surface area contributed by atoms with Crippen molar-refractivity contribution in [1.29, 1.82) is 0 Å². The quantitative estimate of drug-likeness (QED) is 0.608. The van der Waals surface area contributed by atoms with Crippen molar-refractivity contribution < 1.29 is 4.92 Å². The van der Waals surface area contributed by atoms with Crippen LogP contribution < -0.4 is 5.32 Å². The molecule has 1 aromatic heterocycles. The first-order valence-electron chi connectivity index (χ1n) is 6.00. The zero-order valence-corrected chi connectivity index (χ0v) is 9.98. The van der Waals surface area contributed by atoms with Crippen molar-refractivity contribution >= 4 is 11.5 Å². The maximum absolute atomic E-state index is 10.8. The third-order valence-corrected chi connectivity index (χ3v) is 3.35. The highest BCUT2D eigenvalue weighted by Crippen LogP contribution is 2.49. The molecule has 1 N–H and O–H groups in total. The van der Waals surface area contributed by atoms with E-state index in [4.69, 9.17) is 0 Å². The van der Waals surface area contributed by atoms with Gasteiger partial charge in [-0.1, -0.05) is 13.3 Å². The van der Waals surface area contributed by atoms with Gasteiger partial charge in [0.1, 0.15) is 0 Å². The average molecular weight is 235 g/mol. The first-order valence-corrected chi connectivity index (χ1v) is 6.00. The molecule has 5 nitrogen and oxygen atoms in total. The molecule has 1 saturated carbocycles. The maximum Gasteiger partial charge on any atom is 0.311 e. The SMILES string of the molecule is CCCC1(CNc2ncccc2[N+](=O)[O-])CC1. The number of nitrogens with one attached hydrogen (secondary N) is 1. The Labute approximate surface area is 100 Å². The van der Waals surface area contributed by atoms with Crippen LogP contribution in [0.2, 0.25) is 0 Å². The third-order valence-electron chi connectivity index (χ3n) is 3.35. The molecule has 17 heavy (non-hydrogen) atoms. The summed E-state index contributed by atoms with van der Waals surface area (Å²) in [6.45, 7) is 2.96. The number of hydrogen-bond acceptors (Lipinski definition) is 4. The van der Waals surface area contributed by atoms with Crippen LogP contribution in [0.1, 0.15) is 32.6 Å². The topological polar surface area (TPSA) is 68.1 Å². The number of nitro groups is 1. The Bertz CT molecular complexity index is 416. The Balaban J connectivity index is 2.02. The fourth-order valence-corrected chi connectivity index (χ4v) is 2.17. The molecule has 0 saturated heterocycles. The lowest BCUT2D eigenvalue weighted by Crippen LogP contribution is -2.16. The van der Waals surface area contributed by atoms with Crippen molar-refractivity contribution in [2.45, 2.75) is 32.6 Å². The van der Waals surface area contributed by atoms with Crippen LogP contribution in [0.3, 0.4) is 0 Å². The van der Waals surface area contributed by atoms with Gasteiger partial charge in [-0.05, 0) is 30.7 Å². The predicted octanol–water partition coefficient (Wildman–Crippen LogP) is 2.98. The largest absolute Gasteiger partial charge is 0.364 e. The highest BCUT2D eigenvalue weighted by molar-refractivity contribution is 5.55. The van der Waals surface area contributed by atoms with Gasteiger partial charge in [-0.25, -0.2) is 4.98 Å². The Kier molecular flexibility index (Phi) is 3.26. The van der Waals surface area contributed by atoms with E-state index in [9.17, 15) is 10.1 Å². The average Bonchev–Trinajstić information content (AvgIpc) is 3.08. The number of aromatic nitrogens is 1. The molecule has 0 aliphatic heterocycles. The van der Waals surface area contributed by atoms with Crippen molar-refractivity contribution in [3.63, 3.8) is 0 Å². The summed E-state index contributed by atoms with van der Waals surface area (Å²) in [5.74, 6) is 0.389. The molecule has 0 bridgehead atoms. The van der Waals surface area contributed by atoms with Crippen molar-refractivity contribution in [1.82, 2.24) is 4.98 Å². The van der Waals surface area contributed by atoms with E-state index >= 15 is 0 Å². The molecular formula is C12H17N3O2. The maximum atomic E-state index is 10.8. The van der Waals surface area contributed by atoms with Gasteiger partial charge in [0.2, 0.25) is 5.82 Å². The van der Waals surface area contributed by atoms with Gasteiger partial charge >= 0.3 is 5.69 Å². The summed E-state index contributed by atoms with van der Waals surface area (Å²) in [5, 5.41) is 13.9. The summed E-state index contributed by atoms with van der Waals surface area (Å²) in [6.07, 6.45) is 6.35. The molecule has 1 aliphatic carbocycles. The molecule has 0 spiro atoms. The van der Waals surface area contributed by atoms with E-state index in [2.05, 4.69) is 17.2 Å². The van der Waals surface area contributed by atoms with Crippen LogP contribution in [0.15, 0.2) is 18.3 Å². The Morgan fingerprint density at radius 1 is 1.59 bits per heavy atom. The summed E-state index contributed by atoms with van der Waals surface area (Å²) in [7, 11) is 0. The van der Waals surface area contributed by atoms with Crippen LogP contribution in [0.4, 0.5) is 11.5 Å². The number of rotatable bonds is 6. The van der Waals surface area contributed by atoms with Crippen LogP contribution in [0, 0.1) is 15.5 Å². The monoisotopic (exact) mass is 235 g/mol. The molecule has 0 radical (unpaired) electrons. The van der Waals surface area contributed by atoms with Gasteiger partial charge in [0.25, 0.3) is 0 Å². The predicted molar refractivity (Wildman–Crippen MR) is 66.0 cm³/mol. The Hall–Kier alpha value is -1.65.